The maximum absolute atomic E-state index is 12.8. The first-order valence-electron chi connectivity index (χ1n) is 9.71. The molecule has 0 spiro atoms. The van der Waals surface area contributed by atoms with Crippen molar-refractivity contribution in [3.05, 3.63) is 23.8 Å². The summed E-state index contributed by atoms with van der Waals surface area (Å²) in [6.45, 7) is 10.8. The Labute approximate surface area is 161 Å². The Hall–Kier alpha value is -2.08. The fourth-order valence-corrected chi connectivity index (χ4v) is 2.92. The van der Waals surface area contributed by atoms with E-state index in [1.165, 1.54) is 0 Å². The molecule has 1 N–H and O–H groups in total. The quantitative estimate of drug-likeness (QED) is 0.623. The molecule has 0 heterocycles. The van der Waals surface area contributed by atoms with Crippen LogP contribution in [0.1, 0.15) is 57.8 Å². The molecule has 1 unspecified atom stereocenters. The summed E-state index contributed by atoms with van der Waals surface area (Å²) < 4.78 is 16.6. The Morgan fingerprint density at radius 1 is 1.22 bits per heavy atom. The molecule has 1 atom stereocenters. The molecule has 6 nitrogen and oxygen atoms in total. The second kappa shape index (κ2) is 9.22. The van der Waals surface area contributed by atoms with E-state index < -0.39 is 11.6 Å². The van der Waals surface area contributed by atoms with Crippen LogP contribution in [0.25, 0.3) is 0 Å². The summed E-state index contributed by atoms with van der Waals surface area (Å²) in [7, 11) is 0. The number of rotatable bonds is 10. The number of anilines is 1. The van der Waals surface area contributed by atoms with Gasteiger partial charge in [-0.05, 0) is 63.6 Å². The van der Waals surface area contributed by atoms with Crippen molar-refractivity contribution in [3.8, 4) is 5.75 Å². The van der Waals surface area contributed by atoms with Gasteiger partial charge in [0.2, 0.25) is 0 Å². The van der Waals surface area contributed by atoms with Gasteiger partial charge >= 0.3 is 5.97 Å². The van der Waals surface area contributed by atoms with Crippen molar-refractivity contribution in [2.45, 2.75) is 53.1 Å². The Morgan fingerprint density at radius 2 is 1.93 bits per heavy atom. The molecule has 1 aliphatic carbocycles. The fourth-order valence-electron chi connectivity index (χ4n) is 2.92. The van der Waals surface area contributed by atoms with E-state index in [1.807, 2.05) is 27.7 Å². The highest BCUT2D eigenvalue weighted by atomic mass is 16.5. The lowest BCUT2D eigenvalue weighted by molar-refractivity contribution is -0.141. The predicted molar refractivity (Wildman–Crippen MR) is 104 cm³/mol. The Bertz CT molecular complexity index is 669. The van der Waals surface area contributed by atoms with Crippen LogP contribution in [-0.2, 0) is 14.3 Å². The maximum Gasteiger partial charge on any atom is 0.341 e. The molecule has 0 saturated heterocycles. The largest absolute Gasteiger partial charge is 0.492 e. The number of benzene rings is 1. The van der Waals surface area contributed by atoms with E-state index in [4.69, 9.17) is 14.2 Å². The Morgan fingerprint density at radius 3 is 2.48 bits per heavy atom. The molecule has 150 valence electrons. The number of carbonyl (C=O) groups is 2. The standard InChI is InChI=1S/C21H31NO5/c1-6-25-19(23)17-12-16(10-11-18(17)26-13-14(3)4)22-20(24)21(5,27-7-2)15-8-9-15/h10-12,14-15H,6-9,13H2,1-5H3,(H,22,24). The molecule has 2 rings (SSSR count). The van der Waals surface area contributed by atoms with Crippen LogP contribution in [-0.4, -0.2) is 37.3 Å². The molecule has 1 saturated carbocycles. The van der Waals surface area contributed by atoms with Gasteiger partial charge in [-0.15, -0.1) is 0 Å². The minimum atomic E-state index is -0.856. The number of amides is 1. The average Bonchev–Trinajstić information content (AvgIpc) is 3.46. The van der Waals surface area contributed by atoms with E-state index in [0.29, 0.717) is 36.1 Å². The smallest absolute Gasteiger partial charge is 0.341 e. The number of nitrogens with one attached hydrogen (secondary N) is 1. The predicted octanol–water partition coefficient (Wildman–Crippen LogP) is 4.04. The molecule has 0 radical (unpaired) electrons. The molecule has 0 aromatic heterocycles. The zero-order valence-corrected chi connectivity index (χ0v) is 17.0. The summed E-state index contributed by atoms with van der Waals surface area (Å²) in [5.41, 5.74) is -0.0302. The van der Waals surface area contributed by atoms with Crippen molar-refractivity contribution in [2.24, 2.45) is 11.8 Å². The normalized spacial score (nSPS) is 15.9. The van der Waals surface area contributed by atoms with Crippen molar-refractivity contribution < 1.29 is 23.8 Å². The van der Waals surface area contributed by atoms with Crippen molar-refractivity contribution in [1.29, 1.82) is 0 Å². The van der Waals surface area contributed by atoms with E-state index >= 15 is 0 Å². The lowest BCUT2D eigenvalue weighted by Crippen LogP contribution is -2.44. The minimum absolute atomic E-state index is 0.197. The van der Waals surface area contributed by atoms with Gasteiger partial charge in [0.05, 0.1) is 13.2 Å². The average molecular weight is 377 g/mol. The van der Waals surface area contributed by atoms with Crippen molar-refractivity contribution in [2.75, 3.05) is 25.1 Å². The highest BCUT2D eigenvalue weighted by Crippen LogP contribution is 2.42. The molecule has 1 aromatic rings. The zero-order chi connectivity index (χ0) is 20.0. The first-order chi connectivity index (χ1) is 12.8. The number of hydrogen-bond donors (Lipinski definition) is 1. The van der Waals surface area contributed by atoms with Gasteiger partial charge in [0.15, 0.2) is 0 Å². The van der Waals surface area contributed by atoms with E-state index in [-0.39, 0.29) is 18.4 Å². The molecule has 27 heavy (non-hydrogen) atoms. The highest BCUT2D eigenvalue weighted by molar-refractivity contribution is 6.00. The molecule has 1 amide bonds. The van der Waals surface area contributed by atoms with Crippen LogP contribution in [0.5, 0.6) is 5.75 Å². The van der Waals surface area contributed by atoms with Gasteiger partial charge in [-0.3, -0.25) is 4.79 Å². The molecule has 6 heteroatoms. The summed E-state index contributed by atoms with van der Waals surface area (Å²) in [6, 6.07) is 5.03. The number of esters is 1. The lowest BCUT2D eigenvalue weighted by Gasteiger charge is -2.28. The van der Waals surface area contributed by atoms with Crippen LogP contribution < -0.4 is 10.1 Å². The second-order valence-corrected chi connectivity index (χ2v) is 7.40. The summed E-state index contributed by atoms with van der Waals surface area (Å²) >= 11 is 0. The number of ether oxygens (including phenoxy) is 3. The van der Waals surface area contributed by atoms with Crippen molar-refractivity contribution >= 4 is 17.6 Å². The third kappa shape index (κ3) is 5.45. The third-order valence-corrected chi connectivity index (χ3v) is 4.56. The Balaban J connectivity index is 2.22. The molecular weight excluding hydrogens is 346 g/mol. The highest BCUT2D eigenvalue weighted by Gasteiger charge is 2.48. The van der Waals surface area contributed by atoms with E-state index in [9.17, 15) is 9.59 Å². The van der Waals surface area contributed by atoms with Gasteiger partial charge in [-0.2, -0.15) is 0 Å². The van der Waals surface area contributed by atoms with E-state index in [1.54, 1.807) is 25.1 Å². The first kappa shape index (κ1) is 21.2. The van der Waals surface area contributed by atoms with Crippen LogP contribution >= 0.6 is 0 Å². The zero-order valence-electron chi connectivity index (χ0n) is 17.0. The van der Waals surface area contributed by atoms with Gasteiger partial charge in [0.1, 0.15) is 16.9 Å². The summed E-state index contributed by atoms with van der Waals surface area (Å²) in [5, 5.41) is 2.89. The summed E-state index contributed by atoms with van der Waals surface area (Å²) in [4.78, 5) is 25.2. The van der Waals surface area contributed by atoms with Crippen LogP contribution in [0.4, 0.5) is 5.69 Å². The monoisotopic (exact) mass is 377 g/mol. The molecule has 1 aliphatic rings. The van der Waals surface area contributed by atoms with Crippen LogP contribution in [0.15, 0.2) is 18.2 Å². The third-order valence-electron chi connectivity index (χ3n) is 4.56. The molecule has 0 bridgehead atoms. The fraction of sp³-hybridized carbons (Fsp3) is 0.619. The van der Waals surface area contributed by atoms with Gasteiger partial charge in [0, 0.05) is 12.3 Å². The SMILES string of the molecule is CCOC(=O)c1cc(NC(=O)C(C)(OCC)C2CC2)ccc1OCC(C)C. The van der Waals surface area contributed by atoms with Gasteiger partial charge in [0.25, 0.3) is 5.91 Å². The number of carbonyl (C=O) groups excluding carboxylic acids is 2. The van der Waals surface area contributed by atoms with Crippen LogP contribution in [0.3, 0.4) is 0 Å². The molecule has 1 fully saturated rings. The van der Waals surface area contributed by atoms with Crippen LogP contribution in [0, 0.1) is 11.8 Å². The van der Waals surface area contributed by atoms with Gasteiger partial charge in [-0.1, -0.05) is 13.8 Å². The maximum atomic E-state index is 12.8. The lowest BCUT2D eigenvalue weighted by atomic mass is 9.98. The van der Waals surface area contributed by atoms with E-state index in [0.717, 1.165) is 12.8 Å². The van der Waals surface area contributed by atoms with Gasteiger partial charge in [-0.25, -0.2) is 4.79 Å². The van der Waals surface area contributed by atoms with Gasteiger partial charge < -0.3 is 19.5 Å². The minimum Gasteiger partial charge on any atom is -0.492 e. The summed E-state index contributed by atoms with van der Waals surface area (Å²) in [6.07, 6.45) is 1.97. The Kier molecular flexibility index (Phi) is 7.25. The van der Waals surface area contributed by atoms with E-state index in [2.05, 4.69) is 5.32 Å². The van der Waals surface area contributed by atoms with Crippen molar-refractivity contribution in [1.82, 2.24) is 0 Å². The molecular formula is C21H31NO5. The first-order valence-corrected chi connectivity index (χ1v) is 9.71. The van der Waals surface area contributed by atoms with Crippen molar-refractivity contribution in [3.63, 3.8) is 0 Å². The van der Waals surface area contributed by atoms with Crippen LogP contribution in [0.2, 0.25) is 0 Å². The number of hydrogen-bond acceptors (Lipinski definition) is 5. The second-order valence-electron chi connectivity index (χ2n) is 7.40. The topological polar surface area (TPSA) is 73.9 Å². The summed E-state index contributed by atoms with van der Waals surface area (Å²) in [5.74, 6) is 0.343. The molecule has 0 aliphatic heterocycles. The molecule has 1 aromatic carbocycles.